The molecule has 0 aliphatic carbocycles. The van der Waals surface area contributed by atoms with E-state index in [-0.39, 0.29) is 11.8 Å². The van der Waals surface area contributed by atoms with Gasteiger partial charge < -0.3 is 15.3 Å². The summed E-state index contributed by atoms with van der Waals surface area (Å²) in [6, 6.07) is 3.64. The summed E-state index contributed by atoms with van der Waals surface area (Å²) in [7, 11) is 1.74. The molecular weight excluding hydrogens is 256 g/mol. The maximum atomic E-state index is 12.2. The molecule has 2 amide bonds. The van der Waals surface area contributed by atoms with E-state index in [0.29, 0.717) is 37.4 Å². The van der Waals surface area contributed by atoms with E-state index in [2.05, 4.69) is 11.4 Å². The Hall–Kier alpha value is -2.26. The van der Waals surface area contributed by atoms with E-state index in [1.807, 2.05) is 0 Å². The van der Waals surface area contributed by atoms with Crippen LogP contribution in [0.4, 0.5) is 10.5 Å². The van der Waals surface area contributed by atoms with Crippen LogP contribution < -0.4 is 10.2 Å². The molecule has 1 saturated heterocycles. The normalized spacial score (nSPS) is 18.1. The molecule has 104 valence electrons. The number of carbonyl (C=O) groups excluding carboxylic acids is 1. The lowest BCUT2D eigenvalue weighted by Crippen LogP contribution is -2.47. The van der Waals surface area contributed by atoms with Crippen LogP contribution in [-0.4, -0.2) is 36.2 Å². The van der Waals surface area contributed by atoms with Gasteiger partial charge in [0.25, 0.3) is 0 Å². The van der Waals surface area contributed by atoms with Crippen molar-refractivity contribution in [3.63, 3.8) is 0 Å². The van der Waals surface area contributed by atoms with Crippen LogP contribution in [0.3, 0.4) is 0 Å². The average molecular weight is 272 g/mol. The fourth-order valence-electron chi connectivity index (χ4n) is 2.85. The second-order valence-corrected chi connectivity index (χ2v) is 5.17. The highest BCUT2D eigenvalue weighted by atomic mass is 16.3. The Bertz CT molecular complexity index is 621. The van der Waals surface area contributed by atoms with Crippen molar-refractivity contribution in [2.45, 2.75) is 19.5 Å². The van der Waals surface area contributed by atoms with E-state index in [9.17, 15) is 15.2 Å². The van der Waals surface area contributed by atoms with Crippen molar-refractivity contribution in [3.8, 4) is 11.8 Å². The Morgan fingerprint density at radius 1 is 1.35 bits per heavy atom. The van der Waals surface area contributed by atoms with E-state index in [4.69, 9.17) is 0 Å². The highest BCUT2D eigenvalue weighted by molar-refractivity contribution is 5.95. The molecule has 0 aromatic heterocycles. The second kappa shape index (κ2) is 4.69. The third-order valence-corrected chi connectivity index (χ3v) is 3.95. The van der Waals surface area contributed by atoms with Gasteiger partial charge in [-0.2, -0.15) is 5.26 Å². The number of phenolic OH excluding ortho intramolecular Hbond substituents is 1. The van der Waals surface area contributed by atoms with Crippen molar-refractivity contribution in [1.29, 1.82) is 5.26 Å². The molecule has 0 atom stereocenters. The predicted molar refractivity (Wildman–Crippen MR) is 73.4 cm³/mol. The van der Waals surface area contributed by atoms with E-state index < -0.39 is 0 Å². The molecule has 6 heteroatoms. The van der Waals surface area contributed by atoms with E-state index in [1.54, 1.807) is 22.9 Å². The van der Waals surface area contributed by atoms with Crippen molar-refractivity contribution < 1.29 is 9.90 Å². The predicted octanol–water partition coefficient (Wildman–Crippen LogP) is 1.13. The van der Waals surface area contributed by atoms with Gasteiger partial charge in [0.05, 0.1) is 17.3 Å². The van der Waals surface area contributed by atoms with Crippen LogP contribution in [0.1, 0.15) is 23.1 Å². The Labute approximate surface area is 117 Å². The number of hydrogen-bond acceptors (Lipinski definition) is 4. The van der Waals surface area contributed by atoms with Crippen LogP contribution in [0.25, 0.3) is 0 Å². The summed E-state index contributed by atoms with van der Waals surface area (Å²) < 4.78 is 0. The molecule has 0 saturated carbocycles. The molecule has 2 aliphatic rings. The van der Waals surface area contributed by atoms with Gasteiger partial charge in [0.15, 0.2) is 0 Å². The lowest BCUT2D eigenvalue weighted by atomic mass is 10.0. The summed E-state index contributed by atoms with van der Waals surface area (Å²) >= 11 is 0. The van der Waals surface area contributed by atoms with E-state index >= 15 is 0 Å². The first-order chi connectivity index (χ1) is 9.63. The summed E-state index contributed by atoms with van der Waals surface area (Å²) in [4.78, 5) is 15.4. The highest BCUT2D eigenvalue weighted by Crippen LogP contribution is 2.38. The fraction of sp³-hybridized carbons (Fsp3) is 0.429. The number of amides is 2. The standard InChI is InChI=1S/C14H16N4O2/c1-17-3-2-4-18(14(17)20)12-5-9(6-15)10-7-16-8-11(10)13(12)19/h5,16,19H,2-4,7-8H2,1H3. The largest absolute Gasteiger partial charge is 0.505 e. The van der Waals surface area contributed by atoms with E-state index in [0.717, 1.165) is 17.5 Å². The Balaban J connectivity index is 2.11. The molecule has 6 nitrogen and oxygen atoms in total. The monoisotopic (exact) mass is 272 g/mol. The lowest BCUT2D eigenvalue weighted by Gasteiger charge is -2.34. The minimum Gasteiger partial charge on any atom is -0.505 e. The molecular formula is C14H16N4O2. The molecule has 1 aromatic rings. The molecule has 2 heterocycles. The third kappa shape index (κ3) is 1.79. The van der Waals surface area contributed by atoms with Gasteiger partial charge in [-0.15, -0.1) is 0 Å². The van der Waals surface area contributed by atoms with Crippen LogP contribution in [0.2, 0.25) is 0 Å². The van der Waals surface area contributed by atoms with Crippen LogP contribution in [0, 0.1) is 11.3 Å². The highest BCUT2D eigenvalue weighted by Gasteiger charge is 2.30. The molecule has 3 rings (SSSR count). The Kier molecular flexibility index (Phi) is 2.99. The van der Waals surface area contributed by atoms with Crippen molar-refractivity contribution in [2.24, 2.45) is 0 Å². The average Bonchev–Trinajstić information content (AvgIpc) is 2.93. The molecule has 20 heavy (non-hydrogen) atoms. The molecule has 1 aromatic carbocycles. The molecule has 1 fully saturated rings. The maximum Gasteiger partial charge on any atom is 0.324 e. The first-order valence-corrected chi connectivity index (χ1v) is 6.64. The SMILES string of the molecule is CN1CCCN(c2cc(C#N)c3c(c2O)CNC3)C1=O. The second-order valence-electron chi connectivity index (χ2n) is 5.17. The van der Waals surface area contributed by atoms with Gasteiger partial charge in [-0.05, 0) is 18.1 Å². The number of fused-ring (bicyclic) bond motifs is 1. The molecule has 2 aliphatic heterocycles. The van der Waals surface area contributed by atoms with Crippen molar-refractivity contribution in [2.75, 3.05) is 25.0 Å². The number of carbonyl (C=O) groups is 1. The molecule has 2 N–H and O–H groups in total. The van der Waals surface area contributed by atoms with Crippen LogP contribution >= 0.6 is 0 Å². The van der Waals surface area contributed by atoms with Gasteiger partial charge in [-0.25, -0.2) is 4.79 Å². The van der Waals surface area contributed by atoms with Gasteiger partial charge in [0.1, 0.15) is 5.75 Å². The number of rotatable bonds is 1. The summed E-state index contributed by atoms with van der Waals surface area (Å²) in [6.07, 6.45) is 0.846. The maximum absolute atomic E-state index is 12.2. The number of nitrogens with zero attached hydrogens (tertiary/aromatic N) is 3. The van der Waals surface area contributed by atoms with Crippen LogP contribution in [0.5, 0.6) is 5.75 Å². The number of urea groups is 1. The number of nitrogens with one attached hydrogen (secondary N) is 1. The fourth-order valence-corrected chi connectivity index (χ4v) is 2.85. The molecule has 0 unspecified atom stereocenters. The summed E-state index contributed by atoms with van der Waals surface area (Å²) in [5.41, 5.74) is 2.55. The zero-order valence-electron chi connectivity index (χ0n) is 11.3. The van der Waals surface area contributed by atoms with Gasteiger partial charge in [-0.1, -0.05) is 0 Å². The summed E-state index contributed by atoms with van der Waals surface area (Å²) in [5, 5.41) is 22.8. The third-order valence-electron chi connectivity index (χ3n) is 3.95. The molecule has 0 radical (unpaired) electrons. The van der Waals surface area contributed by atoms with Crippen molar-refractivity contribution in [1.82, 2.24) is 10.2 Å². The van der Waals surface area contributed by atoms with Crippen LogP contribution in [0.15, 0.2) is 6.07 Å². The summed E-state index contributed by atoms with van der Waals surface area (Å²) in [5.74, 6) is 0.118. The van der Waals surface area contributed by atoms with Gasteiger partial charge in [0, 0.05) is 38.8 Å². The minimum absolute atomic E-state index is 0.118. The smallest absolute Gasteiger partial charge is 0.324 e. The Morgan fingerprint density at radius 3 is 2.85 bits per heavy atom. The van der Waals surface area contributed by atoms with Crippen molar-refractivity contribution in [3.05, 3.63) is 22.8 Å². The van der Waals surface area contributed by atoms with Gasteiger partial charge >= 0.3 is 6.03 Å². The van der Waals surface area contributed by atoms with E-state index in [1.165, 1.54) is 0 Å². The number of aromatic hydroxyl groups is 1. The lowest BCUT2D eigenvalue weighted by molar-refractivity contribution is 0.207. The molecule has 0 bridgehead atoms. The van der Waals surface area contributed by atoms with Crippen LogP contribution in [-0.2, 0) is 13.1 Å². The number of hydrogen-bond donors (Lipinski definition) is 2. The topological polar surface area (TPSA) is 79.6 Å². The minimum atomic E-state index is -0.138. The zero-order chi connectivity index (χ0) is 14.3. The van der Waals surface area contributed by atoms with Gasteiger partial charge in [0.2, 0.25) is 0 Å². The Morgan fingerprint density at radius 2 is 2.10 bits per heavy atom. The van der Waals surface area contributed by atoms with Gasteiger partial charge in [-0.3, -0.25) is 4.90 Å². The van der Waals surface area contributed by atoms with Crippen molar-refractivity contribution >= 4 is 11.7 Å². The number of nitriles is 1. The summed E-state index contributed by atoms with van der Waals surface area (Å²) in [6.45, 7) is 2.39. The zero-order valence-corrected chi connectivity index (χ0v) is 11.3. The number of phenols is 1. The first kappa shape index (κ1) is 12.8. The number of benzene rings is 1. The quantitative estimate of drug-likeness (QED) is 0.803. The first-order valence-electron chi connectivity index (χ1n) is 6.64. The molecule has 0 spiro atoms. The number of anilines is 1.